The summed E-state index contributed by atoms with van der Waals surface area (Å²) in [5.74, 6) is -3.19. The second kappa shape index (κ2) is 4.26. The molecule has 2 aliphatic rings. The molecule has 1 aliphatic carbocycles. The van der Waals surface area contributed by atoms with Crippen LogP contribution in [0.2, 0.25) is 0 Å². The third kappa shape index (κ3) is 1.71. The number of carbonyl (C=O) groups is 2. The van der Waals surface area contributed by atoms with E-state index in [2.05, 4.69) is 0 Å². The highest BCUT2D eigenvalue weighted by Crippen LogP contribution is 2.45. The minimum atomic E-state index is -0.989. The highest BCUT2D eigenvalue weighted by Gasteiger charge is 2.53. The molecule has 1 saturated heterocycles. The molecule has 1 saturated carbocycles. The molecule has 0 bridgehead atoms. The number of fused-ring (bicyclic) bond motifs is 1. The van der Waals surface area contributed by atoms with Crippen molar-refractivity contribution in [3.8, 4) is 0 Å². The number of hydrogen-bond acceptors (Lipinski definition) is 3. The molecule has 1 aliphatic heterocycles. The van der Waals surface area contributed by atoms with E-state index in [0.29, 0.717) is 24.8 Å². The van der Waals surface area contributed by atoms with Gasteiger partial charge in [0.2, 0.25) is 11.8 Å². The summed E-state index contributed by atoms with van der Waals surface area (Å²) in [4.78, 5) is 25.4. The molecule has 106 valence electrons. The average Bonchev–Trinajstić information content (AvgIpc) is 2.82. The Labute approximate surface area is 114 Å². The Balaban J connectivity index is 2.05. The normalized spacial score (nSPS) is 29.1. The van der Waals surface area contributed by atoms with E-state index >= 15 is 0 Å². The lowest BCUT2D eigenvalue weighted by Gasteiger charge is -2.19. The number of carbonyl (C=O) groups excluding carboxylic acids is 2. The molecule has 3 rings (SSSR count). The van der Waals surface area contributed by atoms with Crippen LogP contribution in [0.15, 0.2) is 12.1 Å². The Bertz CT molecular complexity index is 570. The van der Waals surface area contributed by atoms with E-state index in [1.165, 1.54) is 0 Å². The molecule has 0 aromatic heterocycles. The number of hydrogen-bond donors (Lipinski definition) is 1. The molecule has 0 spiro atoms. The number of amides is 2. The summed E-state index contributed by atoms with van der Waals surface area (Å²) in [6.07, 6.45) is 1.24. The molecule has 6 heteroatoms. The number of imide groups is 1. The first-order valence-electron chi connectivity index (χ1n) is 6.52. The largest absolute Gasteiger partial charge is 0.397 e. The minimum absolute atomic E-state index is 0.239. The van der Waals surface area contributed by atoms with Gasteiger partial charge in [-0.3, -0.25) is 9.59 Å². The van der Waals surface area contributed by atoms with Crippen molar-refractivity contribution in [2.24, 2.45) is 17.8 Å². The molecule has 20 heavy (non-hydrogen) atoms. The van der Waals surface area contributed by atoms with Gasteiger partial charge in [0, 0.05) is 6.07 Å². The Kier molecular flexibility index (Phi) is 2.77. The second-order valence-electron chi connectivity index (χ2n) is 5.63. The van der Waals surface area contributed by atoms with Crippen LogP contribution < -0.4 is 10.6 Å². The maximum absolute atomic E-state index is 13.9. The minimum Gasteiger partial charge on any atom is -0.397 e. The van der Waals surface area contributed by atoms with Crippen LogP contribution in [0.4, 0.5) is 20.2 Å². The number of anilines is 2. The fourth-order valence-corrected chi connectivity index (χ4v) is 3.32. The van der Waals surface area contributed by atoms with Gasteiger partial charge in [0.1, 0.15) is 11.5 Å². The summed E-state index contributed by atoms with van der Waals surface area (Å²) >= 11 is 0. The van der Waals surface area contributed by atoms with Crippen LogP contribution >= 0.6 is 0 Å². The van der Waals surface area contributed by atoms with E-state index in [0.717, 1.165) is 11.0 Å². The summed E-state index contributed by atoms with van der Waals surface area (Å²) in [5, 5.41) is 0. The quantitative estimate of drug-likeness (QED) is 0.633. The fourth-order valence-electron chi connectivity index (χ4n) is 3.32. The van der Waals surface area contributed by atoms with Gasteiger partial charge in [-0.25, -0.2) is 13.7 Å². The SMILES string of the molecule is CC1CC2C(=O)N(c3c(N)cc(F)cc3F)C(=O)C2C1. The van der Waals surface area contributed by atoms with Crippen molar-refractivity contribution in [2.75, 3.05) is 10.6 Å². The summed E-state index contributed by atoms with van der Waals surface area (Å²) in [7, 11) is 0. The van der Waals surface area contributed by atoms with E-state index in [1.54, 1.807) is 0 Å². The van der Waals surface area contributed by atoms with Gasteiger partial charge in [0.05, 0.1) is 17.5 Å². The van der Waals surface area contributed by atoms with Gasteiger partial charge in [0.25, 0.3) is 0 Å². The third-order valence-corrected chi connectivity index (χ3v) is 4.15. The van der Waals surface area contributed by atoms with Crippen LogP contribution in [0, 0.1) is 29.4 Å². The second-order valence-corrected chi connectivity index (χ2v) is 5.63. The Hall–Kier alpha value is -1.98. The molecule has 2 fully saturated rings. The number of rotatable bonds is 1. The molecule has 1 aromatic carbocycles. The van der Waals surface area contributed by atoms with Crippen LogP contribution in [0.25, 0.3) is 0 Å². The first-order chi connectivity index (χ1) is 9.40. The Morgan fingerprint density at radius 1 is 1.15 bits per heavy atom. The zero-order valence-electron chi connectivity index (χ0n) is 10.9. The number of halogens is 2. The van der Waals surface area contributed by atoms with E-state index in [-0.39, 0.29) is 11.4 Å². The molecule has 1 heterocycles. The van der Waals surface area contributed by atoms with Gasteiger partial charge < -0.3 is 5.73 Å². The molecule has 2 unspecified atom stereocenters. The van der Waals surface area contributed by atoms with Gasteiger partial charge in [-0.2, -0.15) is 0 Å². The summed E-state index contributed by atoms with van der Waals surface area (Å²) in [5.41, 5.74) is 5.02. The van der Waals surface area contributed by atoms with Crippen molar-refractivity contribution in [2.45, 2.75) is 19.8 Å². The predicted octanol–water partition coefficient (Wildman–Crippen LogP) is 2.08. The lowest BCUT2D eigenvalue weighted by Crippen LogP contribution is -2.33. The zero-order chi connectivity index (χ0) is 14.6. The summed E-state index contributed by atoms with van der Waals surface area (Å²) in [6, 6.07) is 1.54. The van der Waals surface area contributed by atoms with E-state index in [9.17, 15) is 18.4 Å². The van der Waals surface area contributed by atoms with Gasteiger partial charge >= 0.3 is 0 Å². The molecule has 1 aromatic rings. The smallest absolute Gasteiger partial charge is 0.237 e. The maximum Gasteiger partial charge on any atom is 0.237 e. The maximum atomic E-state index is 13.9. The highest BCUT2D eigenvalue weighted by atomic mass is 19.1. The van der Waals surface area contributed by atoms with E-state index < -0.39 is 35.3 Å². The monoisotopic (exact) mass is 280 g/mol. The van der Waals surface area contributed by atoms with E-state index in [4.69, 9.17) is 5.73 Å². The first-order valence-corrected chi connectivity index (χ1v) is 6.52. The van der Waals surface area contributed by atoms with Crippen LogP contribution in [-0.4, -0.2) is 11.8 Å². The van der Waals surface area contributed by atoms with Gasteiger partial charge in [-0.15, -0.1) is 0 Å². The summed E-state index contributed by atoms with van der Waals surface area (Å²) < 4.78 is 27.0. The van der Waals surface area contributed by atoms with Crippen molar-refractivity contribution >= 4 is 23.2 Å². The van der Waals surface area contributed by atoms with Gasteiger partial charge in [-0.05, 0) is 24.8 Å². The number of benzene rings is 1. The molecule has 4 nitrogen and oxygen atoms in total. The fraction of sp³-hybridized carbons (Fsp3) is 0.429. The zero-order valence-corrected chi connectivity index (χ0v) is 10.9. The number of nitrogens with zero attached hydrogens (tertiary/aromatic N) is 1. The molecule has 2 N–H and O–H groups in total. The molecule has 0 radical (unpaired) electrons. The van der Waals surface area contributed by atoms with Crippen molar-refractivity contribution in [3.05, 3.63) is 23.8 Å². The van der Waals surface area contributed by atoms with Crippen LogP contribution in [0.3, 0.4) is 0 Å². The lowest BCUT2D eigenvalue weighted by molar-refractivity contribution is -0.123. The number of nitrogens with two attached hydrogens (primary N) is 1. The molecular formula is C14H14F2N2O2. The third-order valence-electron chi connectivity index (χ3n) is 4.15. The molecular weight excluding hydrogens is 266 g/mol. The van der Waals surface area contributed by atoms with Crippen molar-refractivity contribution < 1.29 is 18.4 Å². The summed E-state index contributed by atoms with van der Waals surface area (Å²) in [6.45, 7) is 1.98. The van der Waals surface area contributed by atoms with Gasteiger partial charge in [-0.1, -0.05) is 6.92 Å². The Morgan fingerprint density at radius 2 is 1.70 bits per heavy atom. The predicted molar refractivity (Wildman–Crippen MR) is 68.6 cm³/mol. The van der Waals surface area contributed by atoms with Crippen LogP contribution in [0.1, 0.15) is 19.8 Å². The highest BCUT2D eigenvalue weighted by molar-refractivity contribution is 6.23. The Morgan fingerprint density at radius 3 is 2.20 bits per heavy atom. The first kappa shape index (κ1) is 13.0. The van der Waals surface area contributed by atoms with Crippen LogP contribution in [-0.2, 0) is 9.59 Å². The van der Waals surface area contributed by atoms with Gasteiger partial charge in [0.15, 0.2) is 5.82 Å². The molecule has 2 atom stereocenters. The van der Waals surface area contributed by atoms with Crippen molar-refractivity contribution in [1.82, 2.24) is 0 Å². The lowest BCUT2D eigenvalue weighted by atomic mass is 10.00. The van der Waals surface area contributed by atoms with Crippen molar-refractivity contribution in [1.29, 1.82) is 0 Å². The average molecular weight is 280 g/mol. The number of nitrogen functional groups attached to an aromatic ring is 1. The van der Waals surface area contributed by atoms with Crippen molar-refractivity contribution in [3.63, 3.8) is 0 Å². The topological polar surface area (TPSA) is 63.4 Å². The van der Waals surface area contributed by atoms with E-state index in [1.807, 2.05) is 6.92 Å². The molecule has 2 amide bonds. The standard InChI is InChI=1S/C14H14F2N2O2/c1-6-2-8-9(3-6)14(20)18(13(8)19)12-10(16)4-7(15)5-11(12)17/h4-6,8-9H,2-3,17H2,1H3. The van der Waals surface area contributed by atoms with Crippen LogP contribution in [0.5, 0.6) is 0 Å².